The predicted octanol–water partition coefficient (Wildman–Crippen LogP) is 3.55. The van der Waals surface area contributed by atoms with E-state index in [2.05, 4.69) is 53.2 Å². The van der Waals surface area contributed by atoms with Gasteiger partial charge in [0.1, 0.15) is 5.82 Å². The summed E-state index contributed by atoms with van der Waals surface area (Å²) in [5, 5.41) is 7.97. The smallest absolute Gasteiger partial charge is 0.127 e. The molecule has 1 aliphatic heterocycles. The van der Waals surface area contributed by atoms with Gasteiger partial charge in [0, 0.05) is 12.1 Å². The van der Waals surface area contributed by atoms with E-state index in [4.69, 9.17) is 0 Å². The Morgan fingerprint density at radius 3 is 2.84 bits per heavy atom. The minimum absolute atomic E-state index is 0.376. The van der Waals surface area contributed by atoms with Crippen LogP contribution in [0.15, 0.2) is 30.5 Å². The number of hydrogen-bond donors (Lipinski definition) is 1. The molecule has 0 saturated carbocycles. The van der Waals surface area contributed by atoms with Crippen LogP contribution in [-0.4, -0.2) is 16.3 Å². The molecule has 0 spiro atoms. The quantitative estimate of drug-likeness (QED) is 0.909. The molecule has 1 aliphatic rings. The van der Waals surface area contributed by atoms with Gasteiger partial charge in [0.25, 0.3) is 0 Å². The first-order valence-corrected chi connectivity index (χ1v) is 7.16. The van der Waals surface area contributed by atoms with Crippen LogP contribution in [0.4, 0.5) is 5.82 Å². The maximum absolute atomic E-state index is 4.53. The highest BCUT2D eigenvalue weighted by Crippen LogP contribution is 2.30. The molecular weight excluding hydrogens is 234 g/mol. The summed E-state index contributed by atoms with van der Waals surface area (Å²) >= 11 is 0. The van der Waals surface area contributed by atoms with Gasteiger partial charge in [-0.2, -0.15) is 5.10 Å². The molecule has 0 amide bonds. The van der Waals surface area contributed by atoms with Crippen molar-refractivity contribution in [2.24, 2.45) is 0 Å². The van der Waals surface area contributed by atoms with Crippen molar-refractivity contribution in [3.63, 3.8) is 0 Å². The van der Waals surface area contributed by atoms with Crippen molar-refractivity contribution in [2.75, 3.05) is 11.9 Å². The zero-order chi connectivity index (χ0) is 13.2. The molecule has 1 aromatic heterocycles. The first-order chi connectivity index (χ1) is 9.29. The van der Waals surface area contributed by atoms with E-state index in [1.807, 2.05) is 6.20 Å². The summed E-state index contributed by atoms with van der Waals surface area (Å²) in [6.45, 7) is 5.35. The molecule has 1 unspecified atom stereocenters. The van der Waals surface area contributed by atoms with Crippen LogP contribution < -0.4 is 5.32 Å². The van der Waals surface area contributed by atoms with Gasteiger partial charge in [0.15, 0.2) is 0 Å². The van der Waals surface area contributed by atoms with Gasteiger partial charge < -0.3 is 5.32 Å². The van der Waals surface area contributed by atoms with Gasteiger partial charge in [-0.25, -0.2) is 4.68 Å². The van der Waals surface area contributed by atoms with E-state index >= 15 is 0 Å². The van der Waals surface area contributed by atoms with Crippen LogP contribution in [0.5, 0.6) is 0 Å². The molecule has 3 nitrogen and oxygen atoms in total. The third-order valence-electron chi connectivity index (χ3n) is 3.89. The van der Waals surface area contributed by atoms with Gasteiger partial charge >= 0.3 is 0 Å². The average Bonchev–Trinajstić information content (AvgIpc) is 2.82. The van der Waals surface area contributed by atoms with Crippen LogP contribution in [0.1, 0.15) is 42.5 Å². The van der Waals surface area contributed by atoms with Crippen molar-refractivity contribution in [1.29, 1.82) is 0 Å². The number of anilines is 1. The number of rotatable bonds is 3. The summed E-state index contributed by atoms with van der Waals surface area (Å²) < 4.78 is 2.13. The minimum atomic E-state index is 0.376. The number of nitrogens with zero attached hydrogens (tertiary/aromatic N) is 2. The highest BCUT2D eigenvalue weighted by atomic mass is 15.4. The zero-order valence-electron chi connectivity index (χ0n) is 11.7. The lowest BCUT2D eigenvalue weighted by molar-refractivity contribution is 0.481. The van der Waals surface area contributed by atoms with Crippen LogP contribution in [0.2, 0.25) is 0 Å². The van der Waals surface area contributed by atoms with Crippen molar-refractivity contribution in [3.8, 4) is 0 Å². The van der Waals surface area contributed by atoms with Crippen LogP contribution in [0, 0.1) is 6.92 Å². The van der Waals surface area contributed by atoms with Gasteiger partial charge in [-0.05, 0) is 30.9 Å². The summed E-state index contributed by atoms with van der Waals surface area (Å²) in [5.41, 5.74) is 4.02. The molecule has 0 radical (unpaired) electrons. The summed E-state index contributed by atoms with van der Waals surface area (Å²) in [6.07, 6.45) is 5.42. The molecule has 0 aliphatic carbocycles. The second-order valence-corrected chi connectivity index (χ2v) is 5.34. The van der Waals surface area contributed by atoms with E-state index in [0.717, 1.165) is 13.0 Å². The van der Waals surface area contributed by atoms with Gasteiger partial charge in [0.05, 0.1) is 12.2 Å². The molecule has 1 N–H and O–H groups in total. The Kier molecular flexibility index (Phi) is 3.28. The number of fused-ring (bicyclic) bond motifs is 1. The van der Waals surface area contributed by atoms with Crippen LogP contribution >= 0.6 is 0 Å². The van der Waals surface area contributed by atoms with E-state index in [-0.39, 0.29) is 0 Å². The summed E-state index contributed by atoms with van der Waals surface area (Å²) in [6, 6.07) is 9.43. The van der Waals surface area contributed by atoms with Crippen molar-refractivity contribution in [1.82, 2.24) is 9.78 Å². The Balaban J connectivity index is 1.90. The molecule has 2 heterocycles. The Morgan fingerprint density at radius 1 is 1.32 bits per heavy atom. The summed E-state index contributed by atoms with van der Waals surface area (Å²) in [5.74, 6) is 1.17. The number of benzene rings is 1. The second-order valence-electron chi connectivity index (χ2n) is 5.34. The first-order valence-electron chi connectivity index (χ1n) is 7.16. The number of hydrogen-bond acceptors (Lipinski definition) is 2. The largest absolute Gasteiger partial charge is 0.370 e. The van der Waals surface area contributed by atoms with E-state index in [1.54, 1.807) is 0 Å². The molecule has 19 heavy (non-hydrogen) atoms. The lowest BCUT2D eigenvalue weighted by Crippen LogP contribution is -2.24. The maximum atomic E-state index is 4.53. The number of nitrogens with one attached hydrogen (secondary N) is 1. The molecule has 100 valence electrons. The molecule has 0 fully saturated rings. The molecule has 3 heteroatoms. The Hall–Kier alpha value is -1.77. The van der Waals surface area contributed by atoms with Gasteiger partial charge in [-0.15, -0.1) is 0 Å². The fourth-order valence-corrected chi connectivity index (χ4v) is 2.86. The molecule has 3 rings (SSSR count). The first kappa shape index (κ1) is 12.3. The van der Waals surface area contributed by atoms with Crippen molar-refractivity contribution < 1.29 is 0 Å². The Labute approximate surface area is 114 Å². The number of aromatic nitrogens is 2. The van der Waals surface area contributed by atoms with Crippen molar-refractivity contribution in [3.05, 3.63) is 47.2 Å². The third-order valence-corrected chi connectivity index (χ3v) is 3.89. The lowest BCUT2D eigenvalue weighted by Gasteiger charge is -2.26. The van der Waals surface area contributed by atoms with Gasteiger partial charge in [-0.1, -0.05) is 37.6 Å². The molecule has 1 atom stereocenters. The fraction of sp³-hybridized carbons (Fsp3) is 0.438. The highest BCUT2D eigenvalue weighted by molar-refractivity contribution is 5.46. The van der Waals surface area contributed by atoms with Gasteiger partial charge in [0.2, 0.25) is 0 Å². The third kappa shape index (κ3) is 2.25. The van der Waals surface area contributed by atoms with E-state index < -0.39 is 0 Å². The monoisotopic (exact) mass is 255 g/mol. The Bertz CT molecular complexity index is 554. The van der Waals surface area contributed by atoms with Crippen molar-refractivity contribution in [2.45, 2.75) is 39.2 Å². The SMILES string of the molecule is CCCc1ccc(C2CCNc3c(C)cnn32)cc1. The molecule has 2 aromatic rings. The lowest BCUT2D eigenvalue weighted by atomic mass is 9.99. The van der Waals surface area contributed by atoms with Crippen LogP contribution in [-0.2, 0) is 6.42 Å². The molecule has 0 saturated heterocycles. The van der Waals surface area contributed by atoms with Crippen molar-refractivity contribution >= 4 is 5.82 Å². The van der Waals surface area contributed by atoms with Gasteiger partial charge in [-0.3, -0.25) is 0 Å². The highest BCUT2D eigenvalue weighted by Gasteiger charge is 2.22. The van der Waals surface area contributed by atoms with E-state index in [9.17, 15) is 0 Å². The zero-order valence-corrected chi connectivity index (χ0v) is 11.7. The van der Waals surface area contributed by atoms with E-state index in [1.165, 1.54) is 35.3 Å². The molecular formula is C16H21N3. The van der Waals surface area contributed by atoms with Crippen LogP contribution in [0.25, 0.3) is 0 Å². The number of aryl methyl sites for hydroxylation is 2. The normalized spacial score (nSPS) is 17.9. The maximum Gasteiger partial charge on any atom is 0.127 e. The van der Waals surface area contributed by atoms with E-state index in [0.29, 0.717) is 6.04 Å². The Morgan fingerprint density at radius 2 is 2.11 bits per heavy atom. The minimum Gasteiger partial charge on any atom is -0.370 e. The average molecular weight is 255 g/mol. The summed E-state index contributed by atoms with van der Waals surface area (Å²) in [4.78, 5) is 0. The summed E-state index contributed by atoms with van der Waals surface area (Å²) in [7, 11) is 0. The fourth-order valence-electron chi connectivity index (χ4n) is 2.86. The standard InChI is InChI=1S/C16H21N3/c1-3-4-13-5-7-14(8-6-13)15-9-10-17-16-12(2)11-18-19(15)16/h5-8,11,15,17H,3-4,9-10H2,1-2H3. The predicted molar refractivity (Wildman–Crippen MR) is 78.6 cm³/mol. The van der Waals surface area contributed by atoms with Crippen LogP contribution in [0.3, 0.4) is 0 Å². The molecule has 1 aromatic carbocycles. The topological polar surface area (TPSA) is 29.9 Å². The molecule has 0 bridgehead atoms. The second kappa shape index (κ2) is 5.08.